The molecule has 7 nitrogen and oxygen atoms in total. The molecule has 0 aliphatic carbocycles. The van der Waals surface area contributed by atoms with E-state index in [0.717, 1.165) is 11.1 Å². The molecule has 3 aromatic carbocycles. The quantitative estimate of drug-likeness (QED) is 0.281. The van der Waals surface area contributed by atoms with Gasteiger partial charge in [0.1, 0.15) is 5.75 Å². The summed E-state index contributed by atoms with van der Waals surface area (Å²) in [5, 5.41) is 10.2. The second-order valence-corrected chi connectivity index (χ2v) is 7.55. The van der Waals surface area contributed by atoms with E-state index in [0.29, 0.717) is 22.5 Å². The summed E-state index contributed by atoms with van der Waals surface area (Å²) < 4.78 is 53.0. The number of benzene rings is 3. The fourth-order valence-electron chi connectivity index (χ4n) is 3.54. The number of para-hydroxylation sites is 1. The summed E-state index contributed by atoms with van der Waals surface area (Å²) in [6.45, 7) is 0. The van der Waals surface area contributed by atoms with E-state index in [1.165, 1.54) is 18.4 Å². The van der Waals surface area contributed by atoms with Crippen LogP contribution in [0.5, 0.6) is 5.75 Å². The molecule has 0 radical (unpaired) electrons. The standard InChI is InChI=1S/C26H16F3N3O4/c27-26(28,29)36-21-8-2-1-7-20(21)17-12-10-16(11-13-17)18-5-3-6-19(15-18)23(33)30-25-32-31-24(35-25)22-9-4-14-34-22/h1-15H,(H,30,32,33). The van der Waals surface area contributed by atoms with Crippen LogP contribution in [0.3, 0.4) is 0 Å². The van der Waals surface area contributed by atoms with Gasteiger partial charge in [-0.2, -0.15) is 0 Å². The minimum atomic E-state index is -4.79. The first-order valence-corrected chi connectivity index (χ1v) is 10.6. The van der Waals surface area contributed by atoms with Gasteiger partial charge in [0.25, 0.3) is 11.8 Å². The van der Waals surface area contributed by atoms with Crippen LogP contribution in [0.25, 0.3) is 33.9 Å². The Labute approximate surface area is 202 Å². The van der Waals surface area contributed by atoms with Crippen LogP contribution in [0.2, 0.25) is 0 Å². The predicted octanol–water partition coefficient (Wildman–Crippen LogP) is 6.81. The molecular formula is C26H16F3N3O4. The molecule has 0 spiro atoms. The maximum absolute atomic E-state index is 12.8. The van der Waals surface area contributed by atoms with Crippen LogP contribution >= 0.6 is 0 Å². The second kappa shape index (κ2) is 9.41. The molecule has 0 fully saturated rings. The average Bonchev–Trinajstić information content (AvgIpc) is 3.56. The number of carbonyl (C=O) groups excluding carboxylic acids is 1. The zero-order valence-electron chi connectivity index (χ0n) is 18.3. The molecule has 5 rings (SSSR count). The molecule has 1 amide bonds. The van der Waals surface area contributed by atoms with Gasteiger partial charge in [-0.3, -0.25) is 10.1 Å². The van der Waals surface area contributed by atoms with E-state index in [9.17, 15) is 18.0 Å². The third-order valence-corrected chi connectivity index (χ3v) is 5.14. The Balaban J connectivity index is 1.33. The van der Waals surface area contributed by atoms with E-state index in [-0.39, 0.29) is 17.7 Å². The highest BCUT2D eigenvalue weighted by molar-refractivity contribution is 6.03. The number of hydrogen-bond acceptors (Lipinski definition) is 6. The Morgan fingerprint density at radius 2 is 1.61 bits per heavy atom. The first-order valence-electron chi connectivity index (χ1n) is 10.6. The van der Waals surface area contributed by atoms with Gasteiger partial charge in [-0.15, -0.1) is 18.3 Å². The zero-order chi connectivity index (χ0) is 25.1. The number of carbonyl (C=O) groups is 1. The number of halogens is 3. The lowest BCUT2D eigenvalue weighted by atomic mass is 9.98. The van der Waals surface area contributed by atoms with E-state index in [2.05, 4.69) is 20.3 Å². The van der Waals surface area contributed by atoms with Gasteiger partial charge in [-0.1, -0.05) is 59.7 Å². The molecule has 36 heavy (non-hydrogen) atoms. The third-order valence-electron chi connectivity index (χ3n) is 5.14. The number of ether oxygens (including phenoxy) is 1. The average molecular weight is 491 g/mol. The van der Waals surface area contributed by atoms with Crippen molar-refractivity contribution in [3.05, 3.63) is 96.8 Å². The largest absolute Gasteiger partial charge is 0.573 e. The molecule has 5 aromatic rings. The molecule has 2 heterocycles. The molecule has 0 bridgehead atoms. The molecule has 180 valence electrons. The Morgan fingerprint density at radius 3 is 2.36 bits per heavy atom. The van der Waals surface area contributed by atoms with Gasteiger partial charge < -0.3 is 13.6 Å². The van der Waals surface area contributed by atoms with Gasteiger partial charge in [0.05, 0.1) is 6.26 Å². The number of anilines is 1. The van der Waals surface area contributed by atoms with Crippen LogP contribution in [-0.2, 0) is 0 Å². The number of nitrogens with zero attached hydrogens (tertiary/aromatic N) is 2. The van der Waals surface area contributed by atoms with Crippen LogP contribution in [-0.4, -0.2) is 22.5 Å². The summed E-state index contributed by atoms with van der Waals surface area (Å²) in [7, 11) is 0. The van der Waals surface area contributed by atoms with Gasteiger partial charge >= 0.3 is 12.4 Å². The normalized spacial score (nSPS) is 11.3. The lowest BCUT2D eigenvalue weighted by Crippen LogP contribution is -2.17. The fourth-order valence-corrected chi connectivity index (χ4v) is 3.54. The van der Waals surface area contributed by atoms with E-state index in [1.807, 2.05) is 6.07 Å². The van der Waals surface area contributed by atoms with Crippen molar-refractivity contribution >= 4 is 11.9 Å². The summed E-state index contributed by atoms with van der Waals surface area (Å²) in [4.78, 5) is 12.7. The van der Waals surface area contributed by atoms with Crippen LogP contribution < -0.4 is 10.1 Å². The number of amides is 1. The summed E-state index contributed by atoms with van der Waals surface area (Å²) in [6, 6.07) is 22.9. The van der Waals surface area contributed by atoms with Crippen molar-refractivity contribution in [2.45, 2.75) is 6.36 Å². The minimum Gasteiger partial charge on any atom is -0.459 e. The van der Waals surface area contributed by atoms with Crippen molar-refractivity contribution < 1.29 is 31.5 Å². The zero-order valence-corrected chi connectivity index (χ0v) is 18.3. The Bertz CT molecular complexity index is 1490. The Kier molecular flexibility index (Phi) is 5.99. The van der Waals surface area contributed by atoms with Gasteiger partial charge in [-0.25, -0.2) is 0 Å². The van der Waals surface area contributed by atoms with Crippen molar-refractivity contribution in [2.75, 3.05) is 5.32 Å². The highest BCUT2D eigenvalue weighted by Gasteiger charge is 2.32. The number of alkyl halides is 3. The summed E-state index contributed by atoms with van der Waals surface area (Å²) in [6.07, 6.45) is -3.33. The van der Waals surface area contributed by atoms with E-state index >= 15 is 0 Å². The van der Waals surface area contributed by atoms with Crippen LogP contribution in [0.15, 0.2) is 100 Å². The number of hydrogen-bond donors (Lipinski definition) is 1. The van der Waals surface area contributed by atoms with Gasteiger partial charge in [0.15, 0.2) is 5.76 Å². The predicted molar refractivity (Wildman–Crippen MR) is 124 cm³/mol. The molecule has 10 heteroatoms. The number of aromatic nitrogens is 2. The molecular weight excluding hydrogens is 475 g/mol. The maximum atomic E-state index is 12.8. The van der Waals surface area contributed by atoms with E-state index in [1.54, 1.807) is 66.7 Å². The van der Waals surface area contributed by atoms with Crippen LogP contribution in [0, 0.1) is 0 Å². The molecule has 0 saturated heterocycles. The van der Waals surface area contributed by atoms with Crippen molar-refractivity contribution in [3.63, 3.8) is 0 Å². The second-order valence-electron chi connectivity index (χ2n) is 7.55. The Hall–Kier alpha value is -4.86. The van der Waals surface area contributed by atoms with Crippen molar-refractivity contribution in [3.8, 4) is 39.7 Å². The lowest BCUT2D eigenvalue weighted by Gasteiger charge is -2.13. The summed E-state index contributed by atoms with van der Waals surface area (Å²) in [5.41, 5.74) is 2.70. The van der Waals surface area contributed by atoms with Gasteiger partial charge in [0, 0.05) is 11.1 Å². The molecule has 0 aliphatic heterocycles. The topological polar surface area (TPSA) is 90.4 Å². The first-order chi connectivity index (χ1) is 17.4. The number of rotatable bonds is 6. The molecule has 0 aliphatic rings. The molecule has 2 aromatic heterocycles. The lowest BCUT2D eigenvalue weighted by molar-refractivity contribution is -0.274. The van der Waals surface area contributed by atoms with Crippen molar-refractivity contribution in [1.29, 1.82) is 0 Å². The number of nitrogens with one attached hydrogen (secondary N) is 1. The first kappa shape index (κ1) is 22.9. The van der Waals surface area contributed by atoms with Crippen molar-refractivity contribution in [1.82, 2.24) is 10.2 Å². The van der Waals surface area contributed by atoms with E-state index in [4.69, 9.17) is 8.83 Å². The highest BCUT2D eigenvalue weighted by atomic mass is 19.4. The molecule has 0 atom stereocenters. The van der Waals surface area contributed by atoms with E-state index < -0.39 is 12.3 Å². The highest BCUT2D eigenvalue weighted by Crippen LogP contribution is 2.34. The van der Waals surface area contributed by atoms with Gasteiger partial charge in [-0.05, 0) is 47.0 Å². The molecule has 0 unspecified atom stereocenters. The summed E-state index contributed by atoms with van der Waals surface area (Å²) in [5.74, 6) is -0.235. The SMILES string of the molecule is O=C(Nc1nnc(-c2ccco2)o1)c1cccc(-c2ccc(-c3ccccc3OC(F)(F)F)cc2)c1. The smallest absolute Gasteiger partial charge is 0.459 e. The minimum absolute atomic E-state index is 0.0825. The van der Waals surface area contributed by atoms with Crippen LogP contribution in [0.4, 0.5) is 19.2 Å². The van der Waals surface area contributed by atoms with Crippen LogP contribution in [0.1, 0.15) is 10.4 Å². The molecule has 1 N–H and O–H groups in total. The number of furan rings is 1. The fraction of sp³-hybridized carbons (Fsp3) is 0.0385. The third kappa shape index (κ3) is 5.12. The Morgan fingerprint density at radius 1 is 0.833 bits per heavy atom. The summed E-state index contributed by atoms with van der Waals surface area (Å²) >= 11 is 0. The maximum Gasteiger partial charge on any atom is 0.573 e. The monoisotopic (exact) mass is 491 g/mol. The van der Waals surface area contributed by atoms with Gasteiger partial charge in [0.2, 0.25) is 0 Å². The molecule has 0 saturated carbocycles. The van der Waals surface area contributed by atoms with Crippen molar-refractivity contribution in [2.24, 2.45) is 0 Å².